The largest absolute Gasteiger partial charge is 0.445 e. The Morgan fingerprint density at radius 3 is 1.82 bits per heavy atom. The lowest BCUT2D eigenvalue weighted by molar-refractivity contribution is -0.133. The molecule has 3 aromatic carbocycles. The first-order valence-corrected chi connectivity index (χ1v) is 15.2. The molecular weight excluding hydrogens is 570 g/mol. The third kappa shape index (κ3) is 9.74. The average molecular weight is 614 g/mol. The fourth-order valence-corrected chi connectivity index (χ4v) is 4.84. The van der Waals surface area contributed by atoms with Gasteiger partial charge in [0, 0.05) is 6.42 Å². The maximum Gasteiger partial charge on any atom is 0.408 e. The van der Waals surface area contributed by atoms with E-state index in [1.54, 1.807) is 6.92 Å². The van der Waals surface area contributed by atoms with E-state index in [-0.39, 0.29) is 37.3 Å². The summed E-state index contributed by atoms with van der Waals surface area (Å²) in [5.74, 6) is -1.31. The molecule has 1 fully saturated rings. The number of ketones is 1. The van der Waals surface area contributed by atoms with Gasteiger partial charge in [-0.2, -0.15) is 0 Å². The van der Waals surface area contributed by atoms with E-state index in [1.165, 1.54) is 6.92 Å². The fraction of sp³-hybridized carbons (Fsp3) is 0.389. The number of hydrogen-bond donors (Lipinski definition) is 3. The van der Waals surface area contributed by atoms with Gasteiger partial charge < -0.3 is 25.4 Å². The van der Waals surface area contributed by atoms with Gasteiger partial charge in [-0.25, -0.2) is 4.79 Å². The van der Waals surface area contributed by atoms with Gasteiger partial charge >= 0.3 is 6.09 Å². The molecule has 0 aliphatic carbocycles. The van der Waals surface area contributed by atoms with Gasteiger partial charge in [0.25, 0.3) is 0 Å². The van der Waals surface area contributed by atoms with Crippen molar-refractivity contribution in [3.05, 3.63) is 107 Å². The molecule has 4 atom stereocenters. The summed E-state index contributed by atoms with van der Waals surface area (Å²) in [5.41, 5.74) is 2.65. The zero-order chi connectivity index (χ0) is 32.6. The van der Waals surface area contributed by atoms with Crippen molar-refractivity contribution in [2.45, 2.75) is 83.2 Å². The lowest BCUT2D eigenvalue weighted by Gasteiger charge is -2.25. The maximum absolute atomic E-state index is 13.8. The molecule has 9 heteroatoms. The molecule has 4 rings (SSSR count). The first-order chi connectivity index (χ1) is 21.3. The van der Waals surface area contributed by atoms with Crippen LogP contribution in [-0.2, 0) is 48.7 Å². The number of carbonyl (C=O) groups is 4. The predicted octanol–water partition coefficient (Wildman–Crippen LogP) is 4.41. The van der Waals surface area contributed by atoms with Crippen LogP contribution in [0.1, 0.15) is 56.9 Å². The Morgan fingerprint density at radius 1 is 0.756 bits per heavy atom. The Hall–Kier alpha value is -4.50. The Morgan fingerprint density at radius 2 is 1.27 bits per heavy atom. The molecule has 9 nitrogen and oxygen atoms in total. The highest BCUT2D eigenvalue weighted by Gasteiger charge is 2.50. The summed E-state index contributed by atoms with van der Waals surface area (Å²) >= 11 is 0. The third-order valence-corrected chi connectivity index (χ3v) is 7.85. The lowest BCUT2D eigenvalue weighted by atomic mass is 9.86. The topological polar surface area (TPSA) is 126 Å². The zero-order valence-corrected chi connectivity index (χ0v) is 26.6. The summed E-state index contributed by atoms with van der Waals surface area (Å²) in [6.07, 6.45) is -0.310. The molecule has 0 aromatic heterocycles. The molecule has 3 amide bonds. The van der Waals surface area contributed by atoms with E-state index in [0.29, 0.717) is 0 Å². The van der Waals surface area contributed by atoms with Crippen LogP contribution in [0.5, 0.6) is 0 Å². The minimum Gasteiger partial charge on any atom is -0.445 e. The number of rotatable bonds is 13. The first kappa shape index (κ1) is 33.4. The van der Waals surface area contributed by atoms with Crippen LogP contribution in [0, 0.1) is 0 Å². The number of Topliss-reactive ketones (excluding diaryl/α,β-unsaturated/α-hetero) is 1. The molecule has 1 aliphatic rings. The molecule has 238 valence electrons. The van der Waals surface area contributed by atoms with Crippen LogP contribution >= 0.6 is 0 Å². The molecule has 3 N–H and O–H groups in total. The van der Waals surface area contributed by atoms with Gasteiger partial charge in [0.1, 0.15) is 24.3 Å². The van der Waals surface area contributed by atoms with Gasteiger partial charge in [0.15, 0.2) is 5.78 Å². The van der Waals surface area contributed by atoms with E-state index >= 15 is 0 Å². The first-order valence-electron chi connectivity index (χ1n) is 15.2. The van der Waals surface area contributed by atoms with Crippen LogP contribution in [0.3, 0.4) is 0 Å². The van der Waals surface area contributed by atoms with Crippen LogP contribution in [0.4, 0.5) is 4.79 Å². The highest BCUT2D eigenvalue weighted by atomic mass is 16.6. The number of amides is 3. The molecule has 3 aromatic rings. The van der Waals surface area contributed by atoms with Crippen LogP contribution < -0.4 is 16.0 Å². The SMILES string of the molecule is CC(NC(=O)OCc1ccccc1)C(=O)NC(Cc1ccc(C(C)(C)C)cc1)C(=O)NC(Cc1ccccc1)C(=O)C1(C)CO1. The third-order valence-electron chi connectivity index (χ3n) is 7.85. The number of epoxide rings is 1. The monoisotopic (exact) mass is 613 g/mol. The molecule has 45 heavy (non-hydrogen) atoms. The molecule has 0 bridgehead atoms. The highest BCUT2D eigenvalue weighted by Crippen LogP contribution is 2.29. The normalized spacial score (nSPS) is 17.7. The molecule has 0 radical (unpaired) electrons. The van der Waals surface area contributed by atoms with Crippen molar-refractivity contribution in [2.24, 2.45) is 0 Å². The van der Waals surface area contributed by atoms with Gasteiger partial charge in [0.05, 0.1) is 12.6 Å². The predicted molar refractivity (Wildman–Crippen MR) is 171 cm³/mol. The van der Waals surface area contributed by atoms with E-state index in [0.717, 1.165) is 22.3 Å². The molecule has 1 heterocycles. The smallest absolute Gasteiger partial charge is 0.408 e. The molecule has 0 saturated carbocycles. The molecule has 1 aliphatic heterocycles. The van der Waals surface area contributed by atoms with Crippen molar-refractivity contribution in [2.75, 3.05) is 6.61 Å². The molecule has 0 spiro atoms. The van der Waals surface area contributed by atoms with Crippen molar-refractivity contribution in [3.8, 4) is 0 Å². The minimum atomic E-state index is -1.03. The second-order valence-corrected chi connectivity index (χ2v) is 12.8. The van der Waals surface area contributed by atoms with Gasteiger partial charge in [-0.1, -0.05) is 106 Å². The highest BCUT2D eigenvalue weighted by molar-refractivity contribution is 5.98. The van der Waals surface area contributed by atoms with Crippen LogP contribution in [-0.4, -0.2) is 54.0 Å². The Balaban J connectivity index is 1.48. The number of alkyl carbamates (subject to hydrolysis) is 1. The van der Waals surface area contributed by atoms with E-state index in [9.17, 15) is 19.2 Å². The van der Waals surface area contributed by atoms with Crippen molar-refractivity contribution in [1.82, 2.24) is 16.0 Å². The summed E-state index contributed by atoms with van der Waals surface area (Å²) in [6, 6.07) is 23.6. The Bertz CT molecular complexity index is 1460. The summed E-state index contributed by atoms with van der Waals surface area (Å²) in [6.45, 7) is 9.91. The quantitative estimate of drug-likeness (QED) is 0.245. The molecule has 4 unspecified atom stereocenters. The van der Waals surface area contributed by atoms with E-state index in [1.807, 2.05) is 84.9 Å². The van der Waals surface area contributed by atoms with Crippen molar-refractivity contribution >= 4 is 23.7 Å². The second-order valence-electron chi connectivity index (χ2n) is 12.8. The lowest BCUT2D eigenvalue weighted by Crippen LogP contribution is -2.57. The van der Waals surface area contributed by atoms with Gasteiger partial charge in [-0.3, -0.25) is 14.4 Å². The zero-order valence-electron chi connectivity index (χ0n) is 26.6. The number of hydrogen-bond acceptors (Lipinski definition) is 6. The van der Waals surface area contributed by atoms with Crippen LogP contribution in [0.25, 0.3) is 0 Å². The number of ether oxygens (including phenoxy) is 2. The Kier molecular flexibility index (Phi) is 10.8. The van der Waals surface area contributed by atoms with Crippen molar-refractivity contribution in [3.63, 3.8) is 0 Å². The van der Waals surface area contributed by atoms with Gasteiger partial charge in [-0.15, -0.1) is 0 Å². The molecular formula is C36H43N3O6. The van der Waals surface area contributed by atoms with Crippen LogP contribution in [0.2, 0.25) is 0 Å². The van der Waals surface area contributed by atoms with Gasteiger partial charge in [0.2, 0.25) is 11.8 Å². The second kappa shape index (κ2) is 14.5. The fourth-order valence-electron chi connectivity index (χ4n) is 4.84. The number of nitrogens with one attached hydrogen (secondary N) is 3. The summed E-state index contributed by atoms with van der Waals surface area (Å²) < 4.78 is 10.7. The average Bonchev–Trinajstić information content (AvgIpc) is 3.78. The summed E-state index contributed by atoms with van der Waals surface area (Å²) in [7, 11) is 0. The van der Waals surface area contributed by atoms with Crippen molar-refractivity contribution in [1.29, 1.82) is 0 Å². The minimum absolute atomic E-state index is 0.0498. The summed E-state index contributed by atoms with van der Waals surface area (Å²) in [4.78, 5) is 52.9. The van der Waals surface area contributed by atoms with Crippen LogP contribution in [0.15, 0.2) is 84.9 Å². The maximum atomic E-state index is 13.8. The standard InChI is InChI=1S/C36H43N3O6/c1-24(37-34(43)44-22-27-14-10-7-11-15-27)32(41)39-30(21-26-16-18-28(19-17-26)35(2,3)4)33(42)38-29(31(40)36(5)23-45-36)20-25-12-8-6-9-13-25/h6-19,24,29-30H,20-23H2,1-5H3,(H,37,43)(H,38,42)(H,39,41). The summed E-state index contributed by atoms with van der Waals surface area (Å²) in [5, 5.41) is 8.21. The number of benzene rings is 3. The van der Waals surface area contributed by atoms with Gasteiger partial charge in [-0.05, 0) is 47.9 Å². The van der Waals surface area contributed by atoms with E-state index < -0.39 is 41.6 Å². The van der Waals surface area contributed by atoms with E-state index in [2.05, 4.69) is 36.7 Å². The Labute approximate surface area is 265 Å². The number of carbonyl (C=O) groups excluding carboxylic acids is 4. The van der Waals surface area contributed by atoms with E-state index in [4.69, 9.17) is 9.47 Å². The van der Waals surface area contributed by atoms with Crippen molar-refractivity contribution < 1.29 is 28.7 Å². The molecule has 1 saturated heterocycles.